The van der Waals surface area contributed by atoms with Gasteiger partial charge in [-0.2, -0.15) is 0 Å². The molecule has 0 aliphatic carbocycles. The Morgan fingerprint density at radius 3 is 2.09 bits per heavy atom. The minimum absolute atomic E-state index is 0.207. The summed E-state index contributed by atoms with van der Waals surface area (Å²) in [5.74, 6) is -0.0925. The van der Waals surface area contributed by atoms with Crippen molar-refractivity contribution in [2.24, 2.45) is 5.92 Å². The molecular weight excluding hydrogens is 140 g/mol. The molecule has 0 aromatic carbocycles. The minimum Gasteiger partial charge on any atom is -0.291 e. The molecule has 2 heteroatoms. The van der Waals surface area contributed by atoms with Crippen molar-refractivity contribution in [3.8, 4) is 0 Å². The lowest BCUT2D eigenvalue weighted by molar-refractivity contribution is -0.136. The van der Waals surface area contributed by atoms with Crippen molar-refractivity contribution in [3.63, 3.8) is 0 Å². The van der Waals surface area contributed by atoms with Crippen LogP contribution in [0.2, 0.25) is 0 Å². The Morgan fingerprint density at radius 1 is 1.18 bits per heavy atom. The first-order chi connectivity index (χ1) is 5.11. The van der Waals surface area contributed by atoms with Crippen LogP contribution in [-0.4, -0.2) is 11.6 Å². The lowest BCUT2D eigenvalue weighted by Crippen LogP contribution is -2.15. The Balaban J connectivity index is 3.77. The second-order valence-electron chi connectivity index (χ2n) is 2.92. The van der Waals surface area contributed by atoms with Crippen LogP contribution in [0, 0.1) is 5.92 Å². The fourth-order valence-corrected chi connectivity index (χ4v) is 0.772. The lowest BCUT2D eigenvalue weighted by atomic mass is 9.99. The lowest BCUT2D eigenvalue weighted by Gasteiger charge is -2.04. The maximum absolute atomic E-state index is 11.0. The number of carbonyl (C=O) groups is 2. The molecule has 0 saturated heterocycles. The van der Waals surface area contributed by atoms with Crippen molar-refractivity contribution in [1.29, 1.82) is 0 Å². The molecule has 0 fully saturated rings. The largest absolute Gasteiger partial charge is 0.291 e. The topological polar surface area (TPSA) is 34.1 Å². The smallest absolute Gasteiger partial charge is 0.198 e. The number of Topliss-reactive ketones (excluding diaryl/α,β-unsaturated/α-hetero) is 2. The van der Waals surface area contributed by atoms with E-state index < -0.39 is 0 Å². The summed E-state index contributed by atoms with van der Waals surface area (Å²) in [7, 11) is 0. The third kappa shape index (κ3) is 3.91. The Kier molecular flexibility index (Phi) is 4.75. The molecule has 64 valence electrons. The van der Waals surface area contributed by atoms with Crippen LogP contribution in [0.4, 0.5) is 0 Å². The van der Waals surface area contributed by atoms with Gasteiger partial charge in [0.2, 0.25) is 0 Å². The molecule has 0 aliphatic rings. The zero-order valence-electron chi connectivity index (χ0n) is 7.52. The highest BCUT2D eigenvalue weighted by atomic mass is 16.2. The van der Waals surface area contributed by atoms with E-state index in [-0.39, 0.29) is 11.6 Å². The second-order valence-corrected chi connectivity index (χ2v) is 2.92. The number of carbonyl (C=O) groups excluding carboxylic acids is 2. The summed E-state index contributed by atoms with van der Waals surface area (Å²) in [6.45, 7) is 5.73. The maximum Gasteiger partial charge on any atom is 0.198 e. The SMILES string of the molecule is CCC(=O)C(=O)CC(C)CC. The molecular formula is C9H16O2. The molecule has 11 heavy (non-hydrogen) atoms. The van der Waals surface area contributed by atoms with Crippen molar-refractivity contribution >= 4 is 11.6 Å². The first kappa shape index (κ1) is 10.3. The van der Waals surface area contributed by atoms with Crippen LogP contribution in [0.25, 0.3) is 0 Å². The standard InChI is InChI=1S/C9H16O2/c1-4-7(3)6-9(11)8(10)5-2/h7H,4-6H2,1-3H3. The summed E-state index contributed by atoms with van der Waals surface area (Å²) >= 11 is 0. The fraction of sp³-hybridized carbons (Fsp3) is 0.778. The van der Waals surface area contributed by atoms with Gasteiger partial charge in [0, 0.05) is 12.8 Å². The van der Waals surface area contributed by atoms with Gasteiger partial charge in [0.25, 0.3) is 0 Å². The molecule has 0 radical (unpaired) electrons. The van der Waals surface area contributed by atoms with E-state index >= 15 is 0 Å². The first-order valence-corrected chi connectivity index (χ1v) is 4.17. The van der Waals surface area contributed by atoms with E-state index in [9.17, 15) is 9.59 Å². The summed E-state index contributed by atoms with van der Waals surface area (Å²) in [4.78, 5) is 21.8. The van der Waals surface area contributed by atoms with Crippen molar-refractivity contribution in [3.05, 3.63) is 0 Å². The predicted octanol–water partition coefficient (Wildman–Crippen LogP) is 1.97. The molecule has 1 atom stereocenters. The predicted molar refractivity (Wildman–Crippen MR) is 44.4 cm³/mol. The van der Waals surface area contributed by atoms with E-state index in [1.807, 2.05) is 13.8 Å². The summed E-state index contributed by atoms with van der Waals surface area (Å²) in [6.07, 6.45) is 1.72. The van der Waals surface area contributed by atoms with Gasteiger partial charge in [-0.25, -0.2) is 0 Å². The summed E-state index contributed by atoms with van der Waals surface area (Å²) in [6, 6.07) is 0. The summed E-state index contributed by atoms with van der Waals surface area (Å²) < 4.78 is 0. The highest BCUT2D eigenvalue weighted by Crippen LogP contribution is 2.07. The number of rotatable bonds is 5. The molecule has 0 aliphatic heterocycles. The van der Waals surface area contributed by atoms with Crippen LogP contribution in [0.1, 0.15) is 40.0 Å². The molecule has 0 aromatic heterocycles. The van der Waals surface area contributed by atoms with Crippen LogP contribution in [0.15, 0.2) is 0 Å². The zero-order valence-corrected chi connectivity index (χ0v) is 7.52. The highest BCUT2D eigenvalue weighted by molar-refractivity contribution is 6.37. The van der Waals surface area contributed by atoms with Crippen LogP contribution >= 0.6 is 0 Å². The Bertz CT molecular complexity index is 150. The van der Waals surface area contributed by atoms with Gasteiger partial charge in [-0.15, -0.1) is 0 Å². The third-order valence-corrected chi connectivity index (χ3v) is 1.86. The van der Waals surface area contributed by atoms with Gasteiger partial charge in [0.15, 0.2) is 11.6 Å². The van der Waals surface area contributed by atoms with Gasteiger partial charge < -0.3 is 0 Å². The molecule has 2 nitrogen and oxygen atoms in total. The van der Waals surface area contributed by atoms with Crippen molar-refractivity contribution in [1.82, 2.24) is 0 Å². The average Bonchev–Trinajstić information content (AvgIpc) is 2.02. The van der Waals surface area contributed by atoms with E-state index in [1.165, 1.54) is 0 Å². The van der Waals surface area contributed by atoms with E-state index in [4.69, 9.17) is 0 Å². The maximum atomic E-state index is 11.0. The van der Waals surface area contributed by atoms with Crippen LogP contribution < -0.4 is 0 Å². The van der Waals surface area contributed by atoms with Gasteiger partial charge in [-0.1, -0.05) is 27.2 Å². The molecule has 0 N–H and O–H groups in total. The zero-order chi connectivity index (χ0) is 8.85. The highest BCUT2D eigenvalue weighted by Gasteiger charge is 2.13. The van der Waals surface area contributed by atoms with Crippen LogP contribution in [0.3, 0.4) is 0 Å². The number of hydrogen-bond acceptors (Lipinski definition) is 2. The molecule has 0 heterocycles. The van der Waals surface area contributed by atoms with Gasteiger partial charge in [0.05, 0.1) is 0 Å². The monoisotopic (exact) mass is 156 g/mol. The molecule has 0 saturated carbocycles. The van der Waals surface area contributed by atoms with E-state index in [0.29, 0.717) is 18.8 Å². The molecule has 0 spiro atoms. The Hall–Kier alpha value is -0.660. The van der Waals surface area contributed by atoms with E-state index in [0.717, 1.165) is 6.42 Å². The Morgan fingerprint density at radius 2 is 1.73 bits per heavy atom. The first-order valence-electron chi connectivity index (χ1n) is 4.17. The molecule has 0 bridgehead atoms. The molecule has 1 unspecified atom stereocenters. The van der Waals surface area contributed by atoms with Gasteiger partial charge in [-0.05, 0) is 5.92 Å². The number of hydrogen-bond donors (Lipinski definition) is 0. The molecule has 0 aromatic rings. The Labute approximate surface area is 68.0 Å². The fourth-order valence-electron chi connectivity index (χ4n) is 0.772. The van der Waals surface area contributed by atoms with Crippen molar-refractivity contribution < 1.29 is 9.59 Å². The summed E-state index contributed by atoms with van der Waals surface area (Å²) in [5, 5.41) is 0. The van der Waals surface area contributed by atoms with Crippen LogP contribution in [-0.2, 0) is 9.59 Å². The normalized spacial score (nSPS) is 12.6. The second kappa shape index (κ2) is 5.05. The van der Waals surface area contributed by atoms with Crippen LogP contribution in [0.5, 0.6) is 0 Å². The molecule has 0 amide bonds. The van der Waals surface area contributed by atoms with E-state index in [2.05, 4.69) is 0 Å². The third-order valence-electron chi connectivity index (χ3n) is 1.86. The van der Waals surface area contributed by atoms with Gasteiger partial charge >= 0.3 is 0 Å². The molecule has 0 rings (SSSR count). The van der Waals surface area contributed by atoms with E-state index in [1.54, 1.807) is 6.92 Å². The summed E-state index contributed by atoms with van der Waals surface area (Å²) in [5.41, 5.74) is 0. The average molecular weight is 156 g/mol. The minimum atomic E-state index is -0.231. The number of ketones is 2. The quantitative estimate of drug-likeness (QED) is 0.570. The van der Waals surface area contributed by atoms with Crippen molar-refractivity contribution in [2.75, 3.05) is 0 Å². The van der Waals surface area contributed by atoms with Gasteiger partial charge in [0.1, 0.15) is 0 Å². The van der Waals surface area contributed by atoms with Gasteiger partial charge in [-0.3, -0.25) is 9.59 Å². The van der Waals surface area contributed by atoms with Crippen molar-refractivity contribution in [2.45, 2.75) is 40.0 Å².